The fraction of sp³-hybridized carbons (Fsp3) is 0.130. The molecule has 0 saturated carbocycles. The second-order valence-corrected chi connectivity index (χ2v) is 7.23. The third kappa shape index (κ3) is 6.44. The third-order valence-electron chi connectivity index (χ3n) is 4.09. The maximum atomic E-state index is 13.0. The van der Waals surface area contributed by atoms with E-state index in [1.807, 2.05) is 19.1 Å². The number of hydrogen-bond donors (Lipinski definition) is 1. The number of amides is 1. The summed E-state index contributed by atoms with van der Waals surface area (Å²) in [6.45, 7) is 2.52. The van der Waals surface area contributed by atoms with Gasteiger partial charge in [0.15, 0.2) is 11.5 Å². The van der Waals surface area contributed by atoms with E-state index < -0.39 is 11.7 Å². The number of carbonyl (C=O) groups is 1. The van der Waals surface area contributed by atoms with E-state index in [1.54, 1.807) is 24.3 Å². The van der Waals surface area contributed by atoms with E-state index in [-0.39, 0.29) is 12.2 Å². The fourth-order valence-corrected chi connectivity index (χ4v) is 3.17. The Morgan fingerprint density at radius 2 is 1.87 bits per heavy atom. The smallest absolute Gasteiger partial charge is 0.271 e. The first kappa shape index (κ1) is 22.6. The Balaban J connectivity index is 1.72. The molecule has 0 aromatic heterocycles. The maximum absolute atomic E-state index is 13.0. The number of carbonyl (C=O) groups excluding carboxylic acids is 1. The van der Waals surface area contributed by atoms with E-state index in [0.29, 0.717) is 33.7 Å². The Morgan fingerprint density at radius 3 is 2.58 bits per heavy atom. The normalized spacial score (nSPS) is 10.8. The van der Waals surface area contributed by atoms with Crippen LogP contribution in [-0.4, -0.2) is 18.7 Å². The van der Waals surface area contributed by atoms with Gasteiger partial charge in [-0.25, -0.2) is 9.82 Å². The van der Waals surface area contributed by atoms with Crippen LogP contribution in [0.1, 0.15) is 28.4 Å². The lowest BCUT2D eigenvalue weighted by Gasteiger charge is -2.14. The van der Waals surface area contributed by atoms with Gasteiger partial charge in [-0.3, -0.25) is 4.79 Å². The lowest BCUT2D eigenvalue weighted by Crippen LogP contribution is -2.17. The molecule has 3 aromatic rings. The number of halogens is 3. The van der Waals surface area contributed by atoms with Gasteiger partial charge in [0.05, 0.1) is 17.8 Å². The molecule has 5 nitrogen and oxygen atoms in total. The molecule has 0 aliphatic carbocycles. The van der Waals surface area contributed by atoms with Crippen molar-refractivity contribution in [1.29, 1.82) is 0 Å². The van der Waals surface area contributed by atoms with E-state index in [0.717, 1.165) is 5.56 Å². The first-order valence-electron chi connectivity index (χ1n) is 9.39. The first-order valence-corrected chi connectivity index (χ1v) is 10.1. The molecule has 3 aromatic carbocycles. The Morgan fingerprint density at radius 1 is 1.10 bits per heavy atom. The topological polar surface area (TPSA) is 59.9 Å². The zero-order chi connectivity index (χ0) is 22.2. The maximum Gasteiger partial charge on any atom is 0.271 e. The van der Waals surface area contributed by atoms with Crippen LogP contribution < -0.4 is 14.9 Å². The minimum Gasteiger partial charge on any atom is -0.490 e. The predicted octanol–water partition coefficient (Wildman–Crippen LogP) is 5.87. The molecule has 0 atom stereocenters. The molecule has 0 unspecified atom stereocenters. The highest BCUT2D eigenvalue weighted by Crippen LogP contribution is 2.37. The summed E-state index contributed by atoms with van der Waals surface area (Å²) in [6, 6.07) is 15.8. The largest absolute Gasteiger partial charge is 0.490 e. The number of ether oxygens (including phenoxy) is 2. The molecule has 0 heterocycles. The molecule has 1 amide bonds. The average Bonchev–Trinajstić information content (AvgIpc) is 2.74. The van der Waals surface area contributed by atoms with Crippen LogP contribution >= 0.6 is 23.2 Å². The molecule has 0 aliphatic rings. The SMILES string of the molecule is CCOc1cc(/C=N\NC(=O)c2ccc(F)cc2)cc(Cl)c1OCc1cccc(Cl)c1. The standard InChI is InChI=1S/C23H19Cl2FN2O3/c1-2-30-21-12-16(13-27-28-23(29)17-6-8-19(26)9-7-17)11-20(25)22(21)31-14-15-4-3-5-18(24)10-15/h3-13H,2,14H2,1H3,(H,28,29)/b27-13-. The van der Waals surface area contributed by atoms with Gasteiger partial charge in [0.25, 0.3) is 5.91 Å². The van der Waals surface area contributed by atoms with Crippen LogP contribution in [0.3, 0.4) is 0 Å². The van der Waals surface area contributed by atoms with Crippen molar-refractivity contribution >= 4 is 35.3 Å². The molecule has 0 fully saturated rings. The van der Waals surface area contributed by atoms with Crippen molar-refractivity contribution < 1.29 is 18.7 Å². The van der Waals surface area contributed by atoms with E-state index in [2.05, 4.69) is 10.5 Å². The number of nitrogens with one attached hydrogen (secondary N) is 1. The second-order valence-electron chi connectivity index (χ2n) is 6.39. The van der Waals surface area contributed by atoms with Crippen LogP contribution in [0.5, 0.6) is 11.5 Å². The zero-order valence-corrected chi connectivity index (χ0v) is 18.1. The Bertz CT molecular complexity index is 1090. The first-order chi connectivity index (χ1) is 15.0. The van der Waals surface area contributed by atoms with Crippen LogP contribution in [0.25, 0.3) is 0 Å². The molecule has 8 heteroatoms. The van der Waals surface area contributed by atoms with Gasteiger partial charge in [0.1, 0.15) is 12.4 Å². The van der Waals surface area contributed by atoms with E-state index >= 15 is 0 Å². The molecular weight excluding hydrogens is 442 g/mol. The highest BCUT2D eigenvalue weighted by Gasteiger charge is 2.13. The minimum absolute atomic E-state index is 0.265. The summed E-state index contributed by atoms with van der Waals surface area (Å²) in [5.74, 6) is -0.0380. The van der Waals surface area contributed by atoms with Gasteiger partial charge >= 0.3 is 0 Å². The van der Waals surface area contributed by atoms with Crippen molar-refractivity contribution in [3.05, 3.63) is 93.2 Å². The Labute approximate surface area is 189 Å². The Hall–Kier alpha value is -3.09. The molecule has 31 heavy (non-hydrogen) atoms. The summed E-state index contributed by atoms with van der Waals surface area (Å²) in [5.41, 5.74) is 4.16. The summed E-state index contributed by atoms with van der Waals surface area (Å²) in [4.78, 5) is 12.1. The fourth-order valence-electron chi connectivity index (χ4n) is 2.68. The summed E-state index contributed by atoms with van der Waals surface area (Å²) >= 11 is 12.4. The molecule has 0 spiro atoms. The minimum atomic E-state index is -0.464. The summed E-state index contributed by atoms with van der Waals surface area (Å²) in [5, 5.41) is 4.88. The molecular formula is C23H19Cl2FN2O3. The van der Waals surface area contributed by atoms with Gasteiger partial charge in [-0.1, -0.05) is 35.3 Å². The lowest BCUT2D eigenvalue weighted by molar-refractivity contribution is 0.0955. The monoisotopic (exact) mass is 460 g/mol. The quantitative estimate of drug-likeness (QED) is 0.337. The van der Waals surface area contributed by atoms with Crippen molar-refractivity contribution in [1.82, 2.24) is 5.43 Å². The third-order valence-corrected chi connectivity index (χ3v) is 4.61. The summed E-state index contributed by atoms with van der Waals surface area (Å²) in [7, 11) is 0. The highest BCUT2D eigenvalue weighted by molar-refractivity contribution is 6.32. The predicted molar refractivity (Wildman–Crippen MR) is 120 cm³/mol. The molecule has 1 N–H and O–H groups in total. The van der Waals surface area contributed by atoms with E-state index in [4.69, 9.17) is 32.7 Å². The van der Waals surface area contributed by atoms with Crippen molar-refractivity contribution in [3.8, 4) is 11.5 Å². The lowest BCUT2D eigenvalue weighted by atomic mass is 10.2. The van der Waals surface area contributed by atoms with Crippen molar-refractivity contribution in [3.63, 3.8) is 0 Å². The molecule has 3 rings (SSSR count). The van der Waals surface area contributed by atoms with Crippen molar-refractivity contribution in [2.24, 2.45) is 5.10 Å². The zero-order valence-electron chi connectivity index (χ0n) is 16.6. The number of hydrogen-bond acceptors (Lipinski definition) is 4. The van der Waals surface area contributed by atoms with Gasteiger partial charge in [-0.15, -0.1) is 0 Å². The van der Waals surface area contributed by atoms with Gasteiger partial charge < -0.3 is 9.47 Å². The highest BCUT2D eigenvalue weighted by atomic mass is 35.5. The number of hydrazone groups is 1. The Kier molecular flexibility index (Phi) is 7.87. The number of rotatable bonds is 8. The number of benzene rings is 3. The van der Waals surface area contributed by atoms with Crippen LogP contribution in [0, 0.1) is 5.82 Å². The van der Waals surface area contributed by atoms with Crippen molar-refractivity contribution in [2.45, 2.75) is 13.5 Å². The van der Waals surface area contributed by atoms with Crippen LogP contribution in [0.15, 0.2) is 65.8 Å². The second kappa shape index (κ2) is 10.8. The van der Waals surface area contributed by atoms with E-state index in [1.165, 1.54) is 30.5 Å². The van der Waals surface area contributed by atoms with Crippen LogP contribution in [0.4, 0.5) is 4.39 Å². The van der Waals surface area contributed by atoms with Crippen molar-refractivity contribution in [2.75, 3.05) is 6.61 Å². The van der Waals surface area contributed by atoms with E-state index in [9.17, 15) is 9.18 Å². The van der Waals surface area contributed by atoms with Gasteiger partial charge in [0.2, 0.25) is 0 Å². The average molecular weight is 461 g/mol. The summed E-state index contributed by atoms with van der Waals surface area (Å²) in [6.07, 6.45) is 1.43. The van der Waals surface area contributed by atoms with Crippen LogP contribution in [0.2, 0.25) is 10.0 Å². The molecule has 0 radical (unpaired) electrons. The van der Waals surface area contributed by atoms with Crippen LogP contribution in [-0.2, 0) is 6.61 Å². The summed E-state index contributed by atoms with van der Waals surface area (Å²) < 4.78 is 24.5. The van der Waals surface area contributed by atoms with Gasteiger partial charge in [0, 0.05) is 10.6 Å². The molecule has 0 saturated heterocycles. The van der Waals surface area contributed by atoms with Gasteiger partial charge in [-0.2, -0.15) is 5.10 Å². The number of nitrogens with zero attached hydrogens (tertiary/aromatic N) is 1. The van der Waals surface area contributed by atoms with Gasteiger partial charge in [-0.05, 0) is 66.6 Å². The molecule has 160 valence electrons. The molecule has 0 aliphatic heterocycles. The molecule has 0 bridgehead atoms.